The average molecular weight is 222 g/mol. The summed E-state index contributed by atoms with van der Waals surface area (Å²) in [6.07, 6.45) is 0. The number of para-hydroxylation sites is 1. The van der Waals surface area contributed by atoms with E-state index in [1.807, 2.05) is 0 Å². The van der Waals surface area contributed by atoms with E-state index in [1.54, 1.807) is 4.90 Å². The lowest BCUT2D eigenvalue weighted by Gasteiger charge is -2.17. The molecule has 16 heavy (non-hydrogen) atoms. The number of hydrogen-bond acceptors (Lipinski definition) is 1. The lowest BCUT2D eigenvalue weighted by Crippen LogP contribution is -3.12. The second-order valence-electron chi connectivity index (χ2n) is 4.28. The minimum Gasteiger partial charge on any atom is -0.487 e. The predicted octanol–water partition coefficient (Wildman–Crippen LogP) is 1.61. The zero-order chi connectivity index (χ0) is 12.0. The van der Waals surface area contributed by atoms with Crippen LogP contribution in [0.4, 0.5) is 0 Å². The molecule has 0 saturated carbocycles. The fourth-order valence-electron chi connectivity index (χ4n) is 1.93. The smallest absolute Gasteiger partial charge is 0.137 e. The number of rotatable bonds is 6. The second-order valence-corrected chi connectivity index (χ2v) is 4.28. The first kappa shape index (κ1) is 13.0. The lowest BCUT2D eigenvalue weighted by molar-refractivity contribution is -0.896. The van der Waals surface area contributed by atoms with Crippen LogP contribution in [0, 0.1) is 13.8 Å². The summed E-state index contributed by atoms with van der Waals surface area (Å²) in [6, 6.07) is 6.28. The molecule has 0 heterocycles. The Morgan fingerprint density at radius 2 is 1.62 bits per heavy atom. The van der Waals surface area contributed by atoms with E-state index in [4.69, 9.17) is 4.74 Å². The van der Waals surface area contributed by atoms with Crippen LogP contribution >= 0.6 is 0 Å². The van der Waals surface area contributed by atoms with Crippen LogP contribution < -0.4 is 9.64 Å². The number of benzene rings is 1. The van der Waals surface area contributed by atoms with Crippen LogP contribution in [-0.4, -0.2) is 26.2 Å². The Hall–Kier alpha value is -1.02. The maximum atomic E-state index is 5.88. The molecule has 0 atom stereocenters. The summed E-state index contributed by atoms with van der Waals surface area (Å²) in [5, 5.41) is 0. The van der Waals surface area contributed by atoms with Gasteiger partial charge in [0.15, 0.2) is 0 Å². The standard InChI is InChI=1S/C14H23NO/c1-5-15(6-2)10-11-16-14-12(3)8-7-9-13(14)4/h7-9H,5-6,10-11H2,1-4H3/p+1. The fourth-order valence-corrected chi connectivity index (χ4v) is 1.93. The molecule has 0 bridgehead atoms. The van der Waals surface area contributed by atoms with Gasteiger partial charge in [-0.25, -0.2) is 0 Å². The lowest BCUT2D eigenvalue weighted by atomic mass is 10.1. The Bertz CT molecular complexity index is 298. The number of hydrogen-bond donors (Lipinski definition) is 1. The van der Waals surface area contributed by atoms with Gasteiger partial charge in [0.25, 0.3) is 0 Å². The van der Waals surface area contributed by atoms with E-state index in [-0.39, 0.29) is 0 Å². The van der Waals surface area contributed by atoms with Crippen LogP contribution in [0.1, 0.15) is 25.0 Å². The molecule has 90 valence electrons. The molecule has 2 nitrogen and oxygen atoms in total. The Balaban J connectivity index is 2.48. The summed E-state index contributed by atoms with van der Waals surface area (Å²) < 4.78 is 5.88. The molecule has 0 aliphatic carbocycles. The van der Waals surface area contributed by atoms with Crippen LogP contribution in [0.5, 0.6) is 5.75 Å². The molecule has 1 aromatic carbocycles. The first-order valence-electron chi connectivity index (χ1n) is 6.21. The molecular formula is C14H24NO+. The number of nitrogens with one attached hydrogen (secondary N) is 1. The van der Waals surface area contributed by atoms with E-state index >= 15 is 0 Å². The minimum atomic E-state index is 0.808. The third-order valence-corrected chi connectivity index (χ3v) is 3.11. The first-order chi connectivity index (χ1) is 7.69. The monoisotopic (exact) mass is 222 g/mol. The van der Waals surface area contributed by atoms with Crippen molar-refractivity contribution in [3.8, 4) is 5.75 Å². The fraction of sp³-hybridized carbons (Fsp3) is 0.571. The maximum Gasteiger partial charge on any atom is 0.137 e. The average Bonchev–Trinajstić information content (AvgIpc) is 2.28. The highest BCUT2D eigenvalue weighted by Crippen LogP contribution is 2.21. The van der Waals surface area contributed by atoms with Gasteiger partial charge in [-0.3, -0.25) is 0 Å². The molecule has 1 N–H and O–H groups in total. The van der Waals surface area contributed by atoms with Crippen molar-refractivity contribution in [2.24, 2.45) is 0 Å². The molecule has 2 heteroatoms. The molecule has 0 amide bonds. The number of quaternary nitrogens is 1. The summed E-state index contributed by atoms with van der Waals surface area (Å²) >= 11 is 0. The van der Waals surface area contributed by atoms with Crippen molar-refractivity contribution < 1.29 is 9.64 Å². The van der Waals surface area contributed by atoms with Gasteiger partial charge in [-0.15, -0.1) is 0 Å². The zero-order valence-corrected chi connectivity index (χ0v) is 11.0. The first-order valence-corrected chi connectivity index (χ1v) is 6.21. The Kier molecular flexibility index (Phi) is 5.33. The number of aryl methyl sites for hydroxylation is 2. The topological polar surface area (TPSA) is 13.7 Å². The highest BCUT2D eigenvalue weighted by atomic mass is 16.5. The van der Waals surface area contributed by atoms with Gasteiger partial charge in [0.1, 0.15) is 18.9 Å². The normalized spacial score (nSPS) is 10.8. The van der Waals surface area contributed by atoms with Crippen LogP contribution in [0.15, 0.2) is 18.2 Å². The molecule has 0 unspecified atom stereocenters. The van der Waals surface area contributed by atoms with Crippen LogP contribution in [0.2, 0.25) is 0 Å². The predicted molar refractivity (Wildman–Crippen MR) is 68.3 cm³/mol. The number of likely N-dealkylation sites (N-methyl/N-ethyl adjacent to an activating group) is 1. The van der Waals surface area contributed by atoms with Crippen LogP contribution in [-0.2, 0) is 0 Å². The third-order valence-electron chi connectivity index (χ3n) is 3.11. The molecular weight excluding hydrogens is 198 g/mol. The van der Waals surface area contributed by atoms with Crippen LogP contribution in [0.3, 0.4) is 0 Å². The van der Waals surface area contributed by atoms with Crippen molar-refractivity contribution in [2.75, 3.05) is 26.2 Å². The van der Waals surface area contributed by atoms with Gasteiger partial charge in [0, 0.05) is 0 Å². The van der Waals surface area contributed by atoms with E-state index in [0.717, 1.165) is 18.9 Å². The van der Waals surface area contributed by atoms with Gasteiger partial charge in [0.2, 0.25) is 0 Å². The SMILES string of the molecule is CC[NH+](CC)CCOc1c(C)cccc1C. The highest BCUT2D eigenvalue weighted by molar-refractivity contribution is 5.39. The summed E-state index contributed by atoms with van der Waals surface area (Å²) in [6.45, 7) is 12.9. The number of ether oxygens (including phenoxy) is 1. The quantitative estimate of drug-likeness (QED) is 0.772. The van der Waals surface area contributed by atoms with Crippen molar-refractivity contribution in [3.05, 3.63) is 29.3 Å². The van der Waals surface area contributed by atoms with E-state index in [9.17, 15) is 0 Å². The summed E-state index contributed by atoms with van der Waals surface area (Å²) in [5.41, 5.74) is 2.46. The second kappa shape index (κ2) is 6.54. The Labute approximate surface area is 99.2 Å². The molecule has 0 aliphatic heterocycles. The largest absolute Gasteiger partial charge is 0.487 e. The maximum absolute atomic E-state index is 5.88. The third kappa shape index (κ3) is 3.53. The minimum absolute atomic E-state index is 0.808. The summed E-state index contributed by atoms with van der Waals surface area (Å²) in [5.74, 6) is 1.06. The van der Waals surface area contributed by atoms with Gasteiger partial charge >= 0.3 is 0 Å². The van der Waals surface area contributed by atoms with Gasteiger partial charge < -0.3 is 9.64 Å². The zero-order valence-electron chi connectivity index (χ0n) is 11.0. The van der Waals surface area contributed by atoms with Crippen molar-refractivity contribution in [2.45, 2.75) is 27.7 Å². The summed E-state index contributed by atoms with van der Waals surface area (Å²) in [4.78, 5) is 1.59. The Morgan fingerprint density at radius 1 is 1.06 bits per heavy atom. The highest BCUT2D eigenvalue weighted by Gasteiger charge is 2.05. The molecule has 0 saturated heterocycles. The van der Waals surface area contributed by atoms with Crippen molar-refractivity contribution in [3.63, 3.8) is 0 Å². The van der Waals surface area contributed by atoms with Crippen LogP contribution in [0.25, 0.3) is 0 Å². The molecule has 0 spiro atoms. The Morgan fingerprint density at radius 3 is 2.12 bits per heavy atom. The van der Waals surface area contributed by atoms with E-state index < -0.39 is 0 Å². The van der Waals surface area contributed by atoms with E-state index in [2.05, 4.69) is 45.9 Å². The molecule has 0 aliphatic rings. The van der Waals surface area contributed by atoms with Gasteiger partial charge in [-0.05, 0) is 38.8 Å². The van der Waals surface area contributed by atoms with E-state index in [0.29, 0.717) is 0 Å². The molecule has 0 aromatic heterocycles. The molecule has 0 fully saturated rings. The van der Waals surface area contributed by atoms with Gasteiger partial charge in [0.05, 0.1) is 13.1 Å². The van der Waals surface area contributed by atoms with Crippen molar-refractivity contribution in [1.29, 1.82) is 0 Å². The van der Waals surface area contributed by atoms with Gasteiger partial charge in [-0.1, -0.05) is 18.2 Å². The molecule has 0 radical (unpaired) electrons. The van der Waals surface area contributed by atoms with Gasteiger partial charge in [-0.2, -0.15) is 0 Å². The van der Waals surface area contributed by atoms with E-state index in [1.165, 1.54) is 24.2 Å². The van der Waals surface area contributed by atoms with Crippen molar-refractivity contribution in [1.82, 2.24) is 0 Å². The molecule has 1 aromatic rings. The molecule has 1 rings (SSSR count). The van der Waals surface area contributed by atoms with Crippen molar-refractivity contribution >= 4 is 0 Å². The summed E-state index contributed by atoms with van der Waals surface area (Å²) in [7, 11) is 0.